The Labute approximate surface area is 134 Å². The van der Waals surface area contributed by atoms with Gasteiger partial charge in [0.05, 0.1) is 6.54 Å². The minimum absolute atomic E-state index is 0.132. The molecule has 1 aliphatic heterocycles. The van der Waals surface area contributed by atoms with Gasteiger partial charge in [0.1, 0.15) is 5.78 Å². The van der Waals surface area contributed by atoms with Crippen molar-refractivity contribution in [1.29, 1.82) is 0 Å². The number of carbonyl (C=O) groups excluding carboxylic acids is 1. The molecule has 2 aromatic rings. The largest absolute Gasteiger partial charge is 0.338 e. The Balaban J connectivity index is 1.66. The Kier molecular flexibility index (Phi) is 4.55. The molecule has 1 fully saturated rings. The first-order valence-electron chi connectivity index (χ1n) is 7.43. The molecule has 0 unspecified atom stereocenters. The van der Waals surface area contributed by atoms with Gasteiger partial charge in [-0.25, -0.2) is 0 Å². The average Bonchev–Trinajstić information content (AvgIpc) is 2.96. The number of halogens is 1. The van der Waals surface area contributed by atoms with Crippen molar-refractivity contribution in [3.63, 3.8) is 0 Å². The van der Waals surface area contributed by atoms with Crippen molar-refractivity contribution in [3.05, 3.63) is 35.2 Å². The quantitative estimate of drug-likeness (QED) is 0.866. The molecule has 1 atom stereocenters. The maximum atomic E-state index is 11.5. The molecule has 1 aromatic carbocycles. The first-order valence-corrected chi connectivity index (χ1v) is 7.81. The van der Waals surface area contributed by atoms with E-state index in [0.717, 1.165) is 31.5 Å². The number of hydrogen-bond acceptors (Lipinski definition) is 5. The van der Waals surface area contributed by atoms with Crippen LogP contribution in [0.25, 0.3) is 11.4 Å². The van der Waals surface area contributed by atoms with Gasteiger partial charge in [-0.05, 0) is 50.6 Å². The fraction of sp³-hybridized carbons (Fsp3) is 0.438. The van der Waals surface area contributed by atoms with Gasteiger partial charge in [0.2, 0.25) is 11.7 Å². The van der Waals surface area contributed by atoms with E-state index < -0.39 is 0 Å². The van der Waals surface area contributed by atoms with Gasteiger partial charge in [0, 0.05) is 23.0 Å². The lowest BCUT2D eigenvalue weighted by molar-refractivity contribution is -0.122. The monoisotopic (exact) mass is 319 g/mol. The minimum atomic E-state index is 0.132. The first-order chi connectivity index (χ1) is 10.6. The van der Waals surface area contributed by atoms with Gasteiger partial charge in [0.15, 0.2) is 0 Å². The zero-order valence-electron chi connectivity index (χ0n) is 12.5. The number of ketones is 1. The van der Waals surface area contributed by atoms with Crippen LogP contribution in [-0.4, -0.2) is 33.9 Å². The Hall–Kier alpha value is -1.72. The van der Waals surface area contributed by atoms with E-state index in [1.54, 1.807) is 19.1 Å². The second-order valence-electron chi connectivity index (χ2n) is 5.70. The summed E-state index contributed by atoms with van der Waals surface area (Å²) in [5, 5.41) is 4.69. The van der Waals surface area contributed by atoms with Crippen LogP contribution in [0.5, 0.6) is 0 Å². The fourth-order valence-corrected chi connectivity index (χ4v) is 2.88. The topological polar surface area (TPSA) is 59.2 Å². The highest BCUT2D eigenvalue weighted by Crippen LogP contribution is 2.21. The lowest BCUT2D eigenvalue weighted by Gasteiger charge is -2.30. The molecule has 2 heterocycles. The van der Waals surface area contributed by atoms with Gasteiger partial charge in [-0.3, -0.25) is 9.69 Å². The van der Waals surface area contributed by atoms with Crippen LogP contribution in [0.2, 0.25) is 5.02 Å². The standard InChI is InChI=1S/C16H18ClN3O2/c1-11(21)13-3-2-8-20(9-13)10-15-18-16(19-22-15)12-4-6-14(17)7-5-12/h4-7,13H,2-3,8-10H2,1H3/t13-/m1/s1. The minimum Gasteiger partial charge on any atom is -0.338 e. The van der Waals surface area contributed by atoms with E-state index in [1.807, 2.05) is 12.1 Å². The highest BCUT2D eigenvalue weighted by atomic mass is 35.5. The van der Waals surface area contributed by atoms with Crippen LogP contribution in [0.3, 0.4) is 0 Å². The van der Waals surface area contributed by atoms with Crippen molar-refractivity contribution < 1.29 is 9.32 Å². The zero-order chi connectivity index (χ0) is 15.5. The third-order valence-corrected chi connectivity index (χ3v) is 4.26. The summed E-state index contributed by atoms with van der Waals surface area (Å²) in [4.78, 5) is 18.2. The lowest BCUT2D eigenvalue weighted by Crippen LogP contribution is -2.37. The summed E-state index contributed by atoms with van der Waals surface area (Å²) in [5.74, 6) is 1.53. The Morgan fingerprint density at radius 1 is 1.41 bits per heavy atom. The Morgan fingerprint density at radius 3 is 2.91 bits per heavy atom. The molecule has 5 nitrogen and oxygen atoms in total. The number of Topliss-reactive ketones (excluding diaryl/α,β-unsaturated/α-hetero) is 1. The van der Waals surface area contributed by atoms with Crippen LogP contribution in [-0.2, 0) is 11.3 Å². The smallest absolute Gasteiger partial charge is 0.241 e. The number of nitrogens with zero attached hydrogens (tertiary/aromatic N) is 3. The van der Waals surface area contributed by atoms with Crippen LogP contribution in [0.15, 0.2) is 28.8 Å². The van der Waals surface area contributed by atoms with E-state index in [-0.39, 0.29) is 11.7 Å². The van der Waals surface area contributed by atoms with E-state index in [0.29, 0.717) is 23.3 Å². The Bertz CT molecular complexity index is 654. The van der Waals surface area contributed by atoms with Crippen LogP contribution in [0.1, 0.15) is 25.7 Å². The summed E-state index contributed by atoms with van der Waals surface area (Å²) in [7, 11) is 0. The molecule has 0 aliphatic carbocycles. The summed E-state index contributed by atoms with van der Waals surface area (Å²) in [6.45, 7) is 3.99. The highest BCUT2D eigenvalue weighted by molar-refractivity contribution is 6.30. The van der Waals surface area contributed by atoms with Crippen molar-refractivity contribution in [2.24, 2.45) is 5.92 Å². The molecule has 3 rings (SSSR count). The van der Waals surface area contributed by atoms with Crippen molar-refractivity contribution in [2.75, 3.05) is 13.1 Å². The maximum Gasteiger partial charge on any atom is 0.241 e. The molecule has 0 amide bonds. The molecule has 0 radical (unpaired) electrons. The van der Waals surface area contributed by atoms with Crippen molar-refractivity contribution in [2.45, 2.75) is 26.3 Å². The van der Waals surface area contributed by atoms with Crippen LogP contribution in [0.4, 0.5) is 0 Å². The number of aromatic nitrogens is 2. The third-order valence-electron chi connectivity index (χ3n) is 4.01. The number of piperidine rings is 1. The van der Waals surface area contributed by atoms with Gasteiger partial charge >= 0.3 is 0 Å². The van der Waals surface area contributed by atoms with Crippen molar-refractivity contribution >= 4 is 17.4 Å². The van der Waals surface area contributed by atoms with Gasteiger partial charge in [-0.1, -0.05) is 16.8 Å². The second-order valence-corrected chi connectivity index (χ2v) is 6.14. The molecule has 22 heavy (non-hydrogen) atoms. The molecule has 116 valence electrons. The molecular weight excluding hydrogens is 302 g/mol. The highest BCUT2D eigenvalue weighted by Gasteiger charge is 2.24. The Morgan fingerprint density at radius 2 is 2.18 bits per heavy atom. The number of likely N-dealkylation sites (tertiary alicyclic amines) is 1. The van der Waals surface area contributed by atoms with Crippen LogP contribution in [0, 0.1) is 5.92 Å². The van der Waals surface area contributed by atoms with E-state index in [1.165, 1.54) is 0 Å². The molecule has 6 heteroatoms. The summed E-state index contributed by atoms with van der Waals surface area (Å²) < 4.78 is 5.33. The molecular formula is C16H18ClN3O2. The summed E-state index contributed by atoms with van der Waals surface area (Å²) in [6.07, 6.45) is 2.01. The van der Waals surface area contributed by atoms with E-state index in [9.17, 15) is 4.79 Å². The van der Waals surface area contributed by atoms with E-state index in [4.69, 9.17) is 16.1 Å². The molecule has 1 aromatic heterocycles. The molecule has 1 aliphatic rings. The van der Waals surface area contributed by atoms with Crippen LogP contribution >= 0.6 is 11.6 Å². The van der Waals surface area contributed by atoms with Gasteiger partial charge in [-0.15, -0.1) is 0 Å². The predicted molar refractivity (Wildman–Crippen MR) is 83.4 cm³/mol. The lowest BCUT2D eigenvalue weighted by atomic mass is 9.95. The summed E-state index contributed by atoms with van der Waals surface area (Å²) >= 11 is 5.87. The number of benzene rings is 1. The predicted octanol–water partition coefficient (Wildman–Crippen LogP) is 3.19. The molecule has 0 bridgehead atoms. The second kappa shape index (κ2) is 6.58. The van der Waals surface area contributed by atoms with Gasteiger partial charge in [0.25, 0.3) is 0 Å². The number of hydrogen-bond donors (Lipinski definition) is 0. The zero-order valence-corrected chi connectivity index (χ0v) is 13.2. The average molecular weight is 320 g/mol. The molecule has 0 spiro atoms. The maximum absolute atomic E-state index is 11.5. The van der Waals surface area contributed by atoms with Crippen LogP contribution < -0.4 is 0 Å². The first kappa shape index (κ1) is 15.2. The van der Waals surface area contributed by atoms with Gasteiger partial charge < -0.3 is 4.52 Å². The van der Waals surface area contributed by atoms with Crippen molar-refractivity contribution in [1.82, 2.24) is 15.0 Å². The number of rotatable bonds is 4. The third kappa shape index (κ3) is 3.54. The van der Waals surface area contributed by atoms with Crippen molar-refractivity contribution in [3.8, 4) is 11.4 Å². The van der Waals surface area contributed by atoms with E-state index >= 15 is 0 Å². The SMILES string of the molecule is CC(=O)[C@@H]1CCCN(Cc2nc(-c3ccc(Cl)cc3)no2)C1. The fourth-order valence-electron chi connectivity index (χ4n) is 2.76. The molecule has 1 saturated heterocycles. The van der Waals surface area contributed by atoms with Gasteiger partial charge in [-0.2, -0.15) is 4.98 Å². The van der Waals surface area contributed by atoms with E-state index in [2.05, 4.69) is 15.0 Å². The molecule has 0 saturated carbocycles. The molecule has 0 N–H and O–H groups in total. The number of carbonyl (C=O) groups is 1. The normalized spacial score (nSPS) is 19.3. The summed E-state index contributed by atoms with van der Waals surface area (Å²) in [6, 6.07) is 7.33. The summed E-state index contributed by atoms with van der Waals surface area (Å²) in [5.41, 5.74) is 0.875.